The summed E-state index contributed by atoms with van der Waals surface area (Å²) in [4.78, 5) is 0. The normalized spacial score (nSPS) is 29.4. The molecular weight excluding hydrogens is 1550 g/mol. The average Bonchev–Trinajstić information content (AvgIpc) is 0.769. The van der Waals surface area contributed by atoms with Gasteiger partial charge in [-0.3, -0.25) is 0 Å². The van der Waals surface area contributed by atoms with Crippen LogP contribution in [0.1, 0.15) is 461 Å². The molecule has 0 bridgehead atoms. The van der Waals surface area contributed by atoms with Crippen molar-refractivity contribution in [2.75, 3.05) is 0 Å². The van der Waals surface area contributed by atoms with Gasteiger partial charge in [0.25, 0.3) is 0 Å². The molecule has 0 aromatic heterocycles. The SMILES string of the molecule is C=C1CC(C)(C)P(C(C)(C)C)C(C)(C)C1.CC(C)(C)P1C(C)(C)C=CCC1(C)C.CC(C)(C)P1C(C)(C)CC(=Cc2ccccc2)CC1(C)C.CC(C)(C)P1C(C)(C)CC(Cc2ccccc2)CC1(C)C.CC1CC(C)(C)P(C(C)(C)C)C(C)(C)C1.CC=C1CC(C)(C)P(C(C)(C)C)C(C)(C)C1.CCC1CC(C)(C)P(C(C)(C)C)C(C)(C)C1. The van der Waals surface area contributed by atoms with Crippen LogP contribution in [-0.4, -0.2) is 108 Å². The largest absolute Gasteiger partial charge is 0.0998 e. The van der Waals surface area contributed by atoms with E-state index in [1.807, 2.05) is 0 Å². The van der Waals surface area contributed by atoms with E-state index in [4.69, 9.17) is 0 Å². The zero-order valence-electron chi connectivity index (χ0n) is 89.3. The van der Waals surface area contributed by atoms with E-state index >= 15 is 0 Å². The maximum absolute atomic E-state index is 4.23. The van der Waals surface area contributed by atoms with E-state index in [0.29, 0.717) is 108 Å². The molecule has 1 unspecified atom stereocenters. The van der Waals surface area contributed by atoms with Crippen molar-refractivity contribution in [2.45, 2.75) is 565 Å². The van der Waals surface area contributed by atoms with Crippen LogP contribution in [0.15, 0.2) is 102 Å². The molecule has 2 aromatic carbocycles. The molecule has 6 fully saturated rings. The van der Waals surface area contributed by atoms with Crippen LogP contribution >= 0.6 is 55.5 Å². The highest BCUT2D eigenvalue weighted by atomic mass is 31.1. The van der Waals surface area contributed by atoms with Crippen LogP contribution in [0, 0.1) is 17.8 Å². The number of hydrogen-bond acceptors (Lipinski definition) is 0. The van der Waals surface area contributed by atoms with Gasteiger partial charge >= 0.3 is 0 Å². The minimum absolute atomic E-state index is 0.000546. The van der Waals surface area contributed by atoms with Gasteiger partial charge in [-0.05, 0) is 229 Å². The highest BCUT2D eigenvalue weighted by Crippen LogP contribution is 2.79. The Morgan fingerprint density at radius 3 is 0.839 bits per heavy atom. The zero-order chi connectivity index (χ0) is 92.7. The molecule has 7 aliphatic heterocycles. The van der Waals surface area contributed by atoms with Gasteiger partial charge in [0.2, 0.25) is 0 Å². The quantitative estimate of drug-likeness (QED) is 0.211. The lowest BCUT2D eigenvalue weighted by Crippen LogP contribution is -2.45. The molecule has 7 aliphatic rings. The molecular formula is C111H205P7. The minimum Gasteiger partial charge on any atom is -0.0998 e. The van der Waals surface area contributed by atoms with Crippen molar-refractivity contribution in [3.63, 3.8) is 0 Å². The molecule has 0 radical (unpaired) electrons. The standard InChI is InChI=1S/C20H33P.C20H31P.C15H31P.C15H29P.C14H29P.C14H27P.C13H25P/c2*1-18(2,3)21-19(4,5)14-17(15-20(21,6)7)13-16-11-9-8-10-12-16;2*1-9-12-10-14(5,6)16(13(2,3)4)15(7,8)11-12;2*1-11-9-13(5,6)15(12(2,3)4)14(7,8)10-11;1-11(2,3)14-12(4,5)9-8-10-13(14,6)7/h8-12,17H,13-15H2,1-7H3;8-13H,14-15H2,1-7H3;12H,9-11H2,1-8H3;9H,10-11H2,1-8H3;11H,9-10H2,1-8H3;1,9-10H2,2-8H3;8-9H,10H2,1-7H3. The Labute approximate surface area is 751 Å². The van der Waals surface area contributed by atoms with Crippen molar-refractivity contribution in [1.82, 2.24) is 0 Å². The third-order valence-electron chi connectivity index (χ3n) is 26.7. The summed E-state index contributed by atoms with van der Waals surface area (Å²) in [5.41, 5.74) is 7.60. The first-order valence-electron chi connectivity index (χ1n) is 47.5. The third kappa shape index (κ3) is 31.3. The van der Waals surface area contributed by atoms with Gasteiger partial charge in [0, 0.05) is 5.16 Å². The fraction of sp³-hybridized carbons (Fsp3) is 0.820. The Bertz CT molecular complexity index is 3440. The Kier molecular flexibility index (Phi) is 37.8. The molecule has 118 heavy (non-hydrogen) atoms. The molecule has 0 amide bonds. The topological polar surface area (TPSA) is 0 Å². The molecule has 0 N–H and O–H groups in total. The van der Waals surface area contributed by atoms with Crippen LogP contribution in [0.25, 0.3) is 6.08 Å². The van der Waals surface area contributed by atoms with E-state index in [2.05, 4.69) is 452 Å². The highest BCUT2D eigenvalue weighted by molar-refractivity contribution is 7.65. The second kappa shape index (κ2) is 39.6. The predicted molar refractivity (Wildman–Crippen MR) is 567 cm³/mol. The van der Waals surface area contributed by atoms with Crippen molar-refractivity contribution in [1.29, 1.82) is 0 Å². The number of rotatable bonds is 4. The summed E-state index contributed by atoms with van der Waals surface area (Å²) in [7, 11) is 0.155. The van der Waals surface area contributed by atoms with Gasteiger partial charge in [-0.2, -0.15) is 0 Å². The van der Waals surface area contributed by atoms with E-state index in [1.54, 1.807) is 11.1 Å². The average molecular weight is 1760 g/mol. The van der Waals surface area contributed by atoms with Crippen molar-refractivity contribution in [3.8, 4) is 0 Å². The Hall–Kier alpha value is 0.410. The van der Waals surface area contributed by atoms with Crippen LogP contribution in [0.3, 0.4) is 0 Å². The van der Waals surface area contributed by atoms with Gasteiger partial charge in [-0.15, -0.1) is 0 Å². The lowest BCUT2D eigenvalue weighted by molar-refractivity contribution is 0.322. The summed E-state index contributed by atoms with van der Waals surface area (Å²) < 4.78 is 0. The number of hydrogen-bond donors (Lipinski definition) is 0. The molecule has 684 valence electrons. The first-order chi connectivity index (χ1) is 52.1. The van der Waals surface area contributed by atoms with Gasteiger partial charge in [0.1, 0.15) is 0 Å². The molecule has 2 aromatic rings. The molecule has 1 atom stereocenters. The summed E-state index contributed by atoms with van der Waals surface area (Å²) in [6, 6.07) is 21.9. The van der Waals surface area contributed by atoms with Gasteiger partial charge in [0.15, 0.2) is 0 Å². The number of allylic oxidation sites excluding steroid dienone is 6. The zero-order valence-corrected chi connectivity index (χ0v) is 95.5. The van der Waals surface area contributed by atoms with Gasteiger partial charge in [-0.25, -0.2) is 0 Å². The molecule has 0 nitrogen and oxygen atoms in total. The fourth-order valence-electron chi connectivity index (χ4n) is 31.0. The van der Waals surface area contributed by atoms with Crippen molar-refractivity contribution in [3.05, 3.63) is 113 Å². The van der Waals surface area contributed by atoms with Gasteiger partial charge in [-0.1, -0.05) is 523 Å². The highest BCUT2D eigenvalue weighted by Gasteiger charge is 2.57. The monoisotopic (exact) mass is 1760 g/mol. The van der Waals surface area contributed by atoms with E-state index in [9.17, 15) is 0 Å². The second-order valence-corrected chi connectivity index (χ2v) is 85.5. The second-order valence-electron chi connectivity index (χ2n) is 54.5. The summed E-state index contributed by atoms with van der Waals surface area (Å²) >= 11 is 0. The van der Waals surface area contributed by atoms with E-state index in [0.717, 1.165) is 17.8 Å². The first kappa shape index (κ1) is 113. The Balaban J connectivity index is 0.000000358. The smallest absolute Gasteiger partial charge is 0.00368 e. The molecule has 7 heteroatoms. The van der Waals surface area contributed by atoms with E-state index < -0.39 is 0 Å². The van der Waals surface area contributed by atoms with Gasteiger partial charge in [0.05, 0.1) is 0 Å². The van der Waals surface area contributed by atoms with Crippen LogP contribution in [0.5, 0.6) is 0 Å². The molecule has 7 heterocycles. The van der Waals surface area contributed by atoms with Crippen LogP contribution < -0.4 is 0 Å². The lowest BCUT2D eigenvalue weighted by Gasteiger charge is -2.58. The molecule has 0 spiro atoms. The maximum atomic E-state index is 4.23. The van der Waals surface area contributed by atoms with Crippen LogP contribution in [-0.2, 0) is 6.42 Å². The fourth-order valence-corrected chi connectivity index (χ4v) is 73.3. The van der Waals surface area contributed by atoms with Crippen LogP contribution in [0.2, 0.25) is 0 Å². The number of benzene rings is 2. The van der Waals surface area contributed by atoms with Crippen molar-refractivity contribution >= 4 is 61.5 Å². The summed E-state index contributed by atoms with van der Waals surface area (Å²) in [6.07, 6.45) is 29.5. The summed E-state index contributed by atoms with van der Waals surface area (Å²) in [5.74, 6) is 2.68. The van der Waals surface area contributed by atoms with E-state index in [1.165, 1.54) is 113 Å². The lowest BCUT2D eigenvalue weighted by atomic mass is 9.83. The first-order valence-corrected chi connectivity index (χ1v) is 56.9. The Morgan fingerprint density at radius 2 is 0.576 bits per heavy atom. The van der Waals surface area contributed by atoms with Gasteiger partial charge < -0.3 is 0 Å². The minimum atomic E-state index is -0.0414. The summed E-state index contributed by atoms with van der Waals surface area (Å²) in [5, 5.41) is 9.95. The molecule has 0 aliphatic carbocycles. The maximum Gasteiger partial charge on any atom is 0.00368 e. The van der Waals surface area contributed by atoms with E-state index in [-0.39, 0.29) is 55.5 Å². The van der Waals surface area contributed by atoms with Crippen LogP contribution in [0.4, 0.5) is 0 Å². The summed E-state index contributed by atoms with van der Waals surface area (Å²) in [6.45, 7) is 132. The Morgan fingerprint density at radius 1 is 0.322 bits per heavy atom. The molecule has 0 saturated carbocycles. The van der Waals surface area contributed by atoms with Crippen molar-refractivity contribution in [2.24, 2.45) is 17.8 Å². The third-order valence-corrected chi connectivity index (χ3v) is 55.3. The predicted octanol–water partition coefficient (Wildman–Crippen LogP) is 39.6. The molecule has 9 rings (SSSR count). The van der Waals surface area contributed by atoms with Crippen molar-refractivity contribution < 1.29 is 0 Å². The molecule has 6 saturated heterocycles.